The fourth-order valence-electron chi connectivity index (χ4n) is 3.27. The van der Waals surface area contributed by atoms with Crippen LogP contribution in [0.4, 0.5) is 5.69 Å². The molecule has 7 heteroatoms. The summed E-state index contributed by atoms with van der Waals surface area (Å²) in [6.45, 7) is 3.14. The van der Waals surface area contributed by atoms with E-state index in [-0.39, 0.29) is 17.6 Å². The first-order valence-electron chi connectivity index (χ1n) is 9.44. The number of carbonyl (C=O) groups excluding carboxylic acids is 1. The molecule has 0 spiro atoms. The van der Waals surface area contributed by atoms with E-state index in [2.05, 4.69) is 26.2 Å². The lowest BCUT2D eigenvalue weighted by atomic mass is 10.1. The highest BCUT2D eigenvalue weighted by atomic mass is 79.9. The van der Waals surface area contributed by atoms with Gasteiger partial charge >= 0.3 is 0 Å². The highest BCUT2D eigenvalue weighted by molar-refractivity contribution is 9.10. The van der Waals surface area contributed by atoms with Crippen molar-refractivity contribution in [1.29, 1.82) is 0 Å². The van der Waals surface area contributed by atoms with E-state index in [1.807, 2.05) is 31.2 Å². The smallest absolute Gasteiger partial charge is 0.256 e. The van der Waals surface area contributed by atoms with Gasteiger partial charge in [-0.25, -0.2) is 4.99 Å². The summed E-state index contributed by atoms with van der Waals surface area (Å²) in [5.41, 5.74) is 2.85. The number of benzene rings is 2. The lowest BCUT2D eigenvalue weighted by Crippen LogP contribution is -2.34. The summed E-state index contributed by atoms with van der Waals surface area (Å²) in [7, 11) is 0. The molecule has 0 aliphatic carbocycles. The van der Waals surface area contributed by atoms with Crippen LogP contribution in [-0.2, 0) is 4.74 Å². The van der Waals surface area contributed by atoms with Crippen LogP contribution in [0, 0.1) is 6.92 Å². The van der Waals surface area contributed by atoms with E-state index in [4.69, 9.17) is 20.8 Å². The first kappa shape index (κ1) is 20.1. The van der Waals surface area contributed by atoms with Crippen LogP contribution in [0.1, 0.15) is 28.8 Å². The fraction of sp³-hybridized carbons (Fsp3) is 0.273. The van der Waals surface area contributed by atoms with Crippen molar-refractivity contribution in [3.05, 3.63) is 68.6 Å². The van der Waals surface area contributed by atoms with E-state index in [1.54, 1.807) is 18.2 Å². The van der Waals surface area contributed by atoms with Crippen LogP contribution < -0.4 is 10.9 Å². The van der Waals surface area contributed by atoms with Gasteiger partial charge < -0.3 is 14.5 Å². The van der Waals surface area contributed by atoms with Crippen molar-refractivity contribution in [1.82, 2.24) is 5.32 Å². The molecule has 0 saturated carbocycles. The van der Waals surface area contributed by atoms with Gasteiger partial charge in [0, 0.05) is 28.0 Å². The molecule has 2 aromatic carbocycles. The van der Waals surface area contributed by atoms with Crippen LogP contribution in [0.15, 0.2) is 56.3 Å². The maximum atomic E-state index is 13.0. The van der Waals surface area contributed by atoms with Gasteiger partial charge in [-0.05, 0) is 61.7 Å². The molecular weight excluding hydrogens is 456 g/mol. The second-order valence-electron chi connectivity index (χ2n) is 7.04. The molecule has 1 aliphatic heterocycles. The molecule has 1 aromatic heterocycles. The Morgan fingerprint density at radius 1 is 1.28 bits per heavy atom. The fourth-order valence-corrected chi connectivity index (χ4v) is 3.81. The predicted molar refractivity (Wildman–Crippen MR) is 117 cm³/mol. The molecule has 29 heavy (non-hydrogen) atoms. The Bertz CT molecular complexity index is 1140. The molecule has 2 heterocycles. The largest absolute Gasteiger partial charge is 0.438 e. The van der Waals surface area contributed by atoms with Crippen molar-refractivity contribution in [2.75, 3.05) is 13.2 Å². The van der Waals surface area contributed by atoms with Gasteiger partial charge in [0.15, 0.2) is 0 Å². The molecule has 150 valence electrons. The Labute approximate surface area is 181 Å². The van der Waals surface area contributed by atoms with Gasteiger partial charge in [0.1, 0.15) is 11.1 Å². The van der Waals surface area contributed by atoms with Gasteiger partial charge in [0.2, 0.25) is 5.55 Å². The standard InChI is InChI=1S/C22H20BrClN2O3/c1-13-4-6-16(24)11-19(13)26-22-18(21(27)25-12-17-3-2-8-28-17)10-14-9-15(23)5-7-20(14)29-22/h4-7,9-11,17H,2-3,8,12H2,1H3,(H,25,27)/t17-/m0/s1. The third-order valence-electron chi connectivity index (χ3n) is 4.86. The molecule has 5 nitrogen and oxygen atoms in total. The monoisotopic (exact) mass is 474 g/mol. The molecule has 3 aromatic rings. The van der Waals surface area contributed by atoms with E-state index >= 15 is 0 Å². The number of nitrogens with one attached hydrogen (secondary N) is 1. The molecule has 1 atom stereocenters. The van der Waals surface area contributed by atoms with Crippen molar-refractivity contribution in [2.45, 2.75) is 25.9 Å². The molecule has 1 amide bonds. The summed E-state index contributed by atoms with van der Waals surface area (Å²) in [6.07, 6.45) is 2.03. The minimum atomic E-state index is -0.246. The van der Waals surface area contributed by atoms with Crippen molar-refractivity contribution in [2.24, 2.45) is 4.99 Å². The van der Waals surface area contributed by atoms with Gasteiger partial charge in [-0.3, -0.25) is 4.79 Å². The van der Waals surface area contributed by atoms with Crippen LogP contribution >= 0.6 is 27.5 Å². The van der Waals surface area contributed by atoms with E-state index in [1.165, 1.54) is 0 Å². The summed E-state index contributed by atoms with van der Waals surface area (Å²) in [5.74, 6) is -0.246. The topological polar surface area (TPSA) is 63.8 Å². The number of amides is 1. The third kappa shape index (κ3) is 4.71. The third-order valence-corrected chi connectivity index (χ3v) is 5.59. The number of rotatable bonds is 4. The predicted octanol–water partition coefficient (Wildman–Crippen LogP) is 5.30. The average Bonchev–Trinajstić information content (AvgIpc) is 3.22. The van der Waals surface area contributed by atoms with E-state index in [0.29, 0.717) is 28.4 Å². The second kappa shape index (κ2) is 8.69. The zero-order chi connectivity index (χ0) is 20.4. The van der Waals surface area contributed by atoms with Crippen LogP contribution in [-0.4, -0.2) is 25.2 Å². The number of hydrogen-bond acceptors (Lipinski definition) is 4. The number of fused-ring (bicyclic) bond motifs is 1. The number of carbonyl (C=O) groups is 1. The van der Waals surface area contributed by atoms with Gasteiger partial charge in [-0.2, -0.15) is 0 Å². The zero-order valence-electron chi connectivity index (χ0n) is 15.9. The SMILES string of the molecule is Cc1ccc(Cl)cc1N=c1oc2ccc(Br)cc2cc1C(=O)NC[C@@H]1CCCO1. The van der Waals surface area contributed by atoms with E-state index in [9.17, 15) is 4.79 Å². The number of aryl methyl sites for hydroxylation is 1. The Morgan fingerprint density at radius 2 is 2.14 bits per heavy atom. The minimum absolute atomic E-state index is 0.0565. The molecule has 0 radical (unpaired) electrons. The van der Waals surface area contributed by atoms with Crippen molar-refractivity contribution >= 4 is 50.1 Å². The van der Waals surface area contributed by atoms with E-state index < -0.39 is 0 Å². The summed E-state index contributed by atoms with van der Waals surface area (Å²) in [4.78, 5) is 17.6. The first-order chi connectivity index (χ1) is 14.0. The summed E-state index contributed by atoms with van der Waals surface area (Å²) in [6, 6.07) is 12.9. The Kier molecular flexibility index (Phi) is 6.04. The molecule has 1 aliphatic rings. The van der Waals surface area contributed by atoms with E-state index in [0.717, 1.165) is 34.9 Å². The molecule has 1 N–H and O–H groups in total. The zero-order valence-corrected chi connectivity index (χ0v) is 18.2. The Balaban J connectivity index is 1.79. The lowest BCUT2D eigenvalue weighted by molar-refractivity contribution is 0.0854. The normalized spacial score (nSPS) is 17.1. The maximum Gasteiger partial charge on any atom is 0.256 e. The van der Waals surface area contributed by atoms with Crippen LogP contribution in [0.5, 0.6) is 0 Å². The first-order valence-corrected chi connectivity index (χ1v) is 10.6. The summed E-state index contributed by atoms with van der Waals surface area (Å²) >= 11 is 9.59. The molecule has 1 fully saturated rings. The molecule has 0 bridgehead atoms. The quantitative estimate of drug-likeness (QED) is 0.557. The second-order valence-corrected chi connectivity index (χ2v) is 8.39. The van der Waals surface area contributed by atoms with Crippen molar-refractivity contribution in [3.8, 4) is 0 Å². The number of nitrogens with zero attached hydrogens (tertiary/aromatic N) is 1. The Morgan fingerprint density at radius 3 is 2.93 bits per heavy atom. The highest BCUT2D eigenvalue weighted by Crippen LogP contribution is 2.24. The minimum Gasteiger partial charge on any atom is -0.438 e. The maximum absolute atomic E-state index is 13.0. The summed E-state index contributed by atoms with van der Waals surface area (Å²) in [5, 5.41) is 4.33. The van der Waals surface area contributed by atoms with Crippen LogP contribution in [0.25, 0.3) is 11.0 Å². The average molecular weight is 476 g/mol. The van der Waals surface area contributed by atoms with Gasteiger partial charge in [0.25, 0.3) is 5.91 Å². The molecule has 0 unspecified atom stereocenters. The van der Waals surface area contributed by atoms with Gasteiger partial charge in [0.05, 0.1) is 11.8 Å². The van der Waals surface area contributed by atoms with Crippen molar-refractivity contribution in [3.63, 3.8) is 0 Å². The summed E-state index contributed by atoms with van der Waals surface area (Å²) < 4.78 is 12.5. The molecule has 4 rings (SSSR count). The van der Waals surface area contributed by atoms with Gasteiger partial charge in [-0.1, -0.05) is 33.6 Å². The molecular formula is C22H20BrClN2O3. The van der Waals surface area contributed by atoms with Crippen LogP contribution in [0.3, 0.4) is 0 Å². The number of hydrogen-bond donors (Lipinski definition) is 1. The van der Waals surface area contributed by atoms with Gasteiger partial charge in [-0.15, -0.1) is 0 Å². The highest BCUT2D eigenvalue weighted by Gasteiger charge is 2.18. The Hall–Kier alpha value is -2.15. The molecule has 1 saturated heterocycles. The number of halogens is 2. The van der Waals surface area contributed by atoms with Crippen LogP contribution in [0.2, 0.25) is 5.02 Å². The lowest BCUT2D eigenvalue weighted by Gasteiger charge is -2.11. The van der Waals surface area contributed by atoms with Crippen molar-refractivity contribution < 1.29 is 13.9 Å². The number of ether oxygens (including phenoxy) is 1.